The summed E-state index contributed by atoms with van der Waals surface area (Å²) >= 11 is 1.70. The van der Waals surface area contributed by atoms with E-state index < -0.39 is 0 Å². The highest BCUT2D eigenvalue weighted by Gasteiger charge is 2.26. The largest absolute Gasteiger partial charge is 0.354 e. The lowest BCUT2D eigenvalue weighted by Gasteiger charge is -2.37. The van der Waals surface area contributed by atoms with Crippen molar-refractivity contribution in [2.24, 2.45) is 0 Å². The number of nitrogens with one attached hydrogen (secondary N) is 2. The Kier molecular flexibility index (Phi) is 7.74. The topological polar surface area (TPSA) is 64.7 Å². The van der Waals surface area contributed by atoms with Gasteiger partial charge in [0.15, 0.2) is 0 Å². The zero-order chi connectivity index (χ0) is 20.6. The Morgan fingerprint density at radius 2 is 1.86 bits per heavy atom. The van der Waals surface area contributed by atoms with Crippen molar-refractivity contribution in [2.75, 3.05) is 44.6 Å². The molecule has 2 N–H and O–H groups in total. The Morgan fingerprint density at radius 3 is 2.52 bits per heavy atom. The van der Waals surface area contributed by atoms with Crippen LogP contribution in [0.25, 0.3) is 0 Å². The number of anilines is 1. The number of benzene rings is 1. The summed E-state index contributed by atoms with van der Waals surface area (Å²) in [4.78, 5) is 30.1. The quantitative estimate of drug-likeness (QED) is 0.690. The molecule has 0 bridgehead atoms. The van der Waals surface area contributed by atoms with E-state index in [1.807, 2.05) is 18.4 Å². The van der Waals surface area contributed by atoms with Crippen LogP contribution in [0, 0.1) is 5.82 Å². The molecular weight excluding hydrogens is 391 g/mol. The molecule has 0 radical (unpaired) electrons. The van der Waals surface area contributed by atoms with Crippen LogP contribution in [-0.2, 0) is 16.0 Å². The molecule has 1 aromatic carbocycles. The van der Waals surface area contributed by atoms with Crippen LogP contribution in [0.4, 0.5) is 10.1 Å². The smallest absolute Gasteiger partial charge is 0.238 e. The van der Waals surface area contributed by atoms with E-state index in [2.05, 4.69) is 26.5 Å². The summed E-state index contributed by atoms with van der Waals surface area (Å²) in [5.41, 5.74) is 0.586. The molecule has 0 spiro atoms. The fourth-order valence-corrected chi connectivity index (χ4v) is 4.03. The standard InChI is InChI=1S/C21H27FN4O2S/c1-16(21(28)23-9-8-19-3-2-14-29-19)26-12-10-25(11-13-26)15-20(27)24-18-6-4-17(22)5-7-18/h2-7,14,16H,8-13,15H2,1H3,(H,23,28)(H,24,27)/t16-/m0/s1. The van der Waals surface area contributed by atoms with Crippen LogP contribution in [0.3, 0.4) is 0 Å². The van der Waals surface area contributed by atoms with Crippen molar-refractivity contribution in [3.8, 4) is 0 Å². The summed E-state index contributed by atoms with van der Waals surface area (Å²) in [5.74, 6) is -0.405. The van der Waals surface area contributed by atoms with Crippen LogP contribution >= 0.6 is 11.3 Å². The molecule has 1 aliphatic rings. The molecule has 1 aliphatic heterocycles. The summed E-state index contributed by atoms with van der Waals surface area (Å²) in [7, 11) is 0. The monoisotopic (exact) mass is 418 g/mol. The molecule has 1 fully saturated rings. The molecule has 2 aromatic rings. The van der Waals surface area contributed by atoms with Crippen LogP contribution in [-0.4, -0.2) is 66.9 Å². The number of carbonyl (C=O) groups excluding carboxylic acids is 2. The van der Waals surface area contributed by atoms with Crippen LogP contribution in [0.5, 0.6) is 0 Å². The molecule has 0 unspecified atom stereocenters. The van der Waals surface area contributed by atoms with Gasteiger partial charge in [0.25, 0.3) is 0 Å². The number of hydrogen-bond donors (Lipinski definition) is 2. The van der Waals surface area contributed by atoms with E-state index in [0.717, 1.165) is 32.6 Å². The molecule has 0 saturated carbocycles. The first kappa shape index (κ1) is 21.4. The van der Waals surface area contributed by atoms with Gasteiger partial charge in [-0.1, -0.05) is 6.07 Å². The summed E-state index contributed by atoms with van der Waals surface area (Å²) in [6, 6.07) is 9.64. The minimum absolute atomic E-state index is 0.0454. The van der Waals surface area contributed by atoms with E-state index in [1.165, 1.54) is 17.0 Å². The molecule has 1 saturated heterocycles. The lowest BCUT2D eigenvalue weighted by Crippen LogP contribution is -2.54. The summed E-state index contributed by atoms with van der Waals surface area (Å²) in [6.45, 7) is 5.79. The van der Waals surface area contributed by atoms with Gasteiger partial charge >= 0.3 is 0 Å². The first-order valence-electron chi connectivity index (χ1n) is 9.83. The third kappa shape index (κ3) is 6.62. The molecule has 3 rings (SSSR count). The fourth-order valence-electron chi connectivity index (χ4n) is 3.32. The number of carbonyl (C=O) groups is 2. The minimum atomic E-state index is -0.330. The van der Waals surface area contributed by atoms with E-state index >= 15 is 0 Å². The second kappa shape index (κ2) is 10.5. The van der Waals surface area contributed by atoms with Gasteiger partial charge in [-0.05, 0) is 49.1 Å². The van der Waals surface area contributed by atoms with Gasteiger partial charge in [0, 0.05) is 43.3 Å². The maximum Gasteiger partial charge on any atom is 0.238 e. The molecular formula is C21H27FN4O2S. The van der Waals surface area contributed by atoms with Gasteiger partial charge in [0.2, 0.25) is 11.8 Å². The number of amides is 2. The van der Waals surface area contributed by atoms with Crippen LogP contribution in [0.15, 0.2) is 41.8 Å². The lowest BCUT2D eigenvalue weighted by atomic mass is 10.2. The molecule has 8 heteroatoms. The third-order valence-electron chi connectivity index (χ3n) is 5.08. The molecule has 29 heavy (non-hydrogen) atoms. The Hall–Kier alpha value is -2.29. The van der Waals surface area contributed by atoms with Gasteiger partial charge in [0.05, 0.1) is 12.6 Å². The number of thiophene rings is 1. The average molecular weight is 419 g/mol. The van der Waals surface area contributed by atoms with Gasteiger partial charge in [-0.2, -0.15) is 0 Å². The molecule has 2 amide bonds. The predicted octanol–water partition coefficient (Wildman–Crippen LogP) is 2.19. The second-order valence-corrected chi connectivity index (χ2v) is 8.20. The van der Waals surface area contributed by atoms with Crippen molar-refractivity contribution < 1.29 is 14.0 Å². The van der Waals surface area contributed by atoms with Crippen molar-refractivity contribution in [2.45, 2.75) is 19.4 Å². The van der Waals surface area contributed by atoms with E-state index in [-0.39, 0.29) is 30.2 Å². The van der Waals surface area contributed by atoms with Gasteiger partial charge in [-0.25, -0.2) is 4.39 Å². The normalized spacial score (nSPS) is 16.3. The van der Waals surface area contributed by atoms with Crippen molar-refractivity contribution in [3.63, 3.8) is 0 Å². The maximum absolute atomic E-state index is 12.9. The van der Waals surface area contributed by atoms with Gasteiger partial charge < -0.3 is 10.6 Å². The maximum atomic E-state index is 12.9. The lowest BCUT2D eigenvalue weighted by molar-refractivity contribution is -0.127. The summed E-state index contributed by atoms with van der Waals surface area (Å²) in [6.07, 6.45) is 0.854. The average Bonchev–Trinajstić information content (AvgIpc) is 3.23. The van der Waals surface area contributed by atoms with Crippen molar-refractivity contribution in [1.82, 2.24) is 15.1 Å². The van der Waals surface area contributed by atoms with E-state index in [4.69, 9.17) is 0 Å². The van der Waals surface area contributed by atoms with Crippen LogP contribution in [0.2, 0.25) is 0 Å². The SMILES string of the molecule is C[C@@H](C(=O)NCCc1cccs1)N1CCN(CC(=O)Nc2ccc(F)cc2)CC1. The number of piperazine rings is 1. The van der Waals surface area contributed by atoms with Crippen LogP contribution < -0.4 is 10.6 Å². The first-order valence-corrected chi connectivity index (χ1v) is 10.7. The van der Waals surface area contributed by atoms with E-state index in [1.54, 1.807) is 23.5 Å². The Morgan fingerprint density at radius 1 is 1.14 bits per heavy atom. The van der Waals surface area contributed by atoms with Gasteiger partial charge in [-0.15, -0.1) is 11.3 Å². The van der Waals surface area contributed by atoms with Crippen molar-refractivity contribution >= 4 is 28.8 Å². The fraction of sp³-hybridized carbons (Fsp3) is 0.429. The third-order valence-corrected chi connectivity index (χ3v) is 6.02. The molecule has 6 nitrogen and oxygen atoms in total. The number of nitrogens with zero attached hydrogens (tertiary/aromatic N) is 2. The first-order chi connectivity index (χ1) is 14.0. The predicted molar refractivity (Wildman–Crippen MR) is 114 cm³/mol. The minimum Gasteiger partial charge on any atom is -0.354 e. The number of halogens is 1. The summed E-state index contributed by atoms with van der Waals surface area (Å²) in [5, 5.41) is 7.83. The Balaban J connectivity index is 1.36. The molecule has 1 aromatic heterocycles. The highest BCUT2D eigenvalue weighted by atomic mass is 32.1. The molecule has 156 valence electrons. The molecule has 1 atom stereocenters. The number of hydrogen-bond acceptors (Lipinski definition) is 5. The zero-order valence-electron chi connectivity index (χ0n) is 16.6. The molecule has 0 aliphatic carbocycles. The van der Waals surface area contributed by atoms with E-state index in [9.17, 15) is 14.0 Å². The van der Waals surface area contributed by atoms with E-state index in [0.29, 0.717) is 12.2 Å². The summed E-state index contributed by atoms with van der Waals surface area (Å²) < 4.78 is 12.9. The molecule has 2 heterocycles. The zero-order valence-corrected chi connectivity index (χ0v) is 17.4. The Bertz CT molecular complexity index is 790. The van der Waals surface area contributed by atoms with Crippen molar-refractivity contribution in [3.05, 3.63) is 52.5 Å². The van der Waals surface area contributed by atoms with Gasteiger partial charge in [-0.3, -0.25) is 19.4 Å². The highest BCUT2D eigenvalue weighted by Crippen LogP contribution is 2.11. The highest BCUT2D eigenvalue weighted by molar-refractivity contribution is 7.09. The van der Waals surface area contributed by atoms with Gasteiger partial charge in [0.1, 0.15) is 5.82 Å². The Labute approximate surface area is 174 Å². The van der Waals surface area contributed by atoms with Crippen LogP contribution in [0.1, 0.15) is 11.8 Å². The van der Waals surface area contributed by atoms with Crippen molar-refractivity contribution in [1.29, 1.82) is 0 Å². The second-order valence-electron chi connectivity index (χ2n) is 7.16. The number of rotatable bonds is 8.